The molecule has 1 unspecified atom stereocenters. The summed E-state index contributed by atoms with van der Waals surface area (Å²) in [6.07, 6.45) is 8.90. The molecule has 0 bridgehead atoms. The van der Waals surface area contributed by atoms with Gasteiger partial charge in [-0.15, -0.1) is 0 Å². The van der Waals surface area contributed by atoms with E-state index in [1.165, 1.54) is 0 Å². The Bertz CT molecular complexity index is 648. The summed E-state index contributed by atoms with van der Waals surface area (Å²) < 4.78 is 0. The van der Waals surface area contributed by atoms with E-state index in [2.05, 4.69) is 47.3 Å². The SMILES string of the molecule is CNC(C)C/C=C/c1cncc(C#Cc2ccccc2)c1. The van der Waals surface area contributed by atoms with Gasteiger partial charge in [0.25, 0.3) is 0 Å². The van der Waals surface area contributed by atoms with Gasteiger partial charge in [-0.1, -0.05) is 42.2 Å². The zero-order chi connectivity index (χ0) is 14.9. The van der Waals surface area contributed by atoms with Crippen molar-refractivity contribution < 1.29 is 0 Å². The number of benzene rings is 1. The standard InChI is InChI=1S/C19H20N2/c1-16(20-2)7-6-10-18-13-19(15-21-14-18)12-11-17-8-4-3-5-9-17/h3-6,8-10,13-16,20H,7H2,1-2H3/b10-6+. The lowest BCUT2D eigenvalue weighted by molar-refractivity contribution is 0.621. The van der Waals surface area contributed by atoms with Crippen molar-refractivity contribution in [1.82, 2.24) is 10.3 Å². The molecule has 106 valence electrons. The number of aromatic nitrogens is 1. The van der Waals surface area contributed by atoms with E-state index in [4.69, 9.17) is 0 Å². The number of nitrogens with one attached hydrogen (secondary N) is 1. The van der Waals surface area contributed by atoms with Crippen LogP contribution in [0.25, 0.3) is 6.08 Å². The van der Waals surface area contributed by atoms with Crippen LogP contribution in [0.1, 0.15) is 30.0 Å². The smallest absolute Gasteiger partial charge is 0.0438 e. The lowest BCUT2D eigenvalue weighted by atomic mass is 10.1. The summed E-state index contributed by atoms with van der Waals surface area (Å²) in [4.78, 5) is 4.25. The van der Waals surface area contributed by atoms with Gasteiger partial charge in [0, 0.05) is 29.6 Å². The van der Waals surface area contributed by atoms with Crippen LogP contribution in [-0.4, -0.2) is 18.1 Å². The van der Waals surface area contributed by atoms with Crippen molar-refractivity contribution in [2.45, 2.75) is 19.4 Å². The van der Waals surface area contributed by atoms with Crippen LogP contribution >= 0.6 is 0 Å². The minimum absolute atomic E-state index is 0.482. The molecule has 0 saturated carbocycles. The molecule has 0 radical (unpaired) electrons. The first-order valence-corrected chi connectivity index (χ1v) is 7.14. The Balaban J connectivity index is 2.06. The van der Waals surface area contributed by atoms with Gasteiger partial charge in [0.05, 0.1) is 0 Å². The fraction of sp³-hybridized carbons (Fsp3) is 0.211. The fourth-order valence-electron chi connectivity index (χ4n) is 1.81. The van der Waals surface area contributed by atoms with Gasteiger partial charge in [-0.2, -0.15) is 0 Å². The van der Waals surface area contributed by atoms with Crippen molar-refractivity contribution in [2.24, 2.45) is 0 Å². The monoisotopic (exact) mass is 276 g/mol. The molecule has 21 heavy (non-hydrogen) atoms. The summed E-state index contributed by atoms with van der Waals surface area (Å²) in [5.74, 6) is 6.30. The maximum Gasteiger partial charge on any atom is 0.0438 e. The van der Waals surface area contributed by atoms with E-state index in [9.17, 15) is 0 Å². The predicted molar refractivity (Wildman–Crippen MR) is 88.8 cm³/mol. The number of rotatable bonds is 4. The molecule has 0 spiro atoms. The molecule has 0 aliphatic rings. The van der Waals surface area contributed by atoms with Crippen molar-refractivity contribution in [3.8, 4) is 11.8 Å². The van der Waals surface area contributed by atoms with Crippen LogP contribution in [-0.2, 0) is 0 Å². The normalized spacial score (nSPS) is 11.9. The van der Waals surface area contributed by atoms with Crippen LogP contribution in [0.15, 0.2) is 54.9 Å². The molecule has 2 aromatic rings. The average molecular weight is 276 g/mol. The third kappa shape index (κ3) is 5.25. The minimum Gasteiger partial charge on any atom is -0.317 e. The molecular weight excluding hydrogens is 256 g/mol. The maximum absolute atomic E-state index is 4.25. The van der Waals surface area contributed by atoms with Crippen LogP contribution < -0.4 is 5.32 Å². The van der Waals surface area contributed by atoms with Crippen molar-refractivity contribution in [2.75, 3.05) is 7.05 Å². The summed E-state index contributed by atoms with van der Waals surface area (Å²) in [5.41, 5.74) is 3.03. The molecule has 1 N–H and O–H groups in total. The first kappa shape index (κ1) is 15.0. The van der Waals surface area contributed by atoms with Crippen LogP contribution in [0.5, 0.6) is 0 Å². The predicted octanol–water partition coefficient (Wildman–Crippen LogP) is 3.49. The molecule has 0 saturated heterocycles. The molecule has 0 fully saturated rings. The number of hydrogen-bond acceptors (Lipinski definition) is 2. The van der Waals surface area contributed by atoms with Gasteiger partial charge in [0.1, 0.15) is 0 Å². The minimum atomic E-state index is 0.482. The molecule has 2 rings (SSSR count). The van der Waals surface area contributed by atoms with E-state index < -0.39 is 0 Å². The molecule has 2 nitrogen and oxygen atoms in total. The highest BCUT2D eigenvalue weighted by Crippen LogP contribution is 2.06. The van der Waals surface area contributed by atoms with E-state index >= 15 is 0 Å². The molecular formula is C19H20N2. The molecule has 1 atom stereocenters. The van der Waals surface area contributed by atoms with E-state index in [1.54, 1.807) is 6.20 Å². The lowest BCUT2D eigenvalue weighted by Crippen LogP contribution is -2.19. The van der Waals surface area contributed by atoms with E-state index in [0.29, 0.717) is 6.04 Å². The van der Waals surface area contributed by atoms with Crippen molar-refractivity contribution in [3.63, 3.8) is 0 Å². The fourth-order valence-corrected chi connectivity index (χ4v) is 1.81. The first-order chi connectivity index (χ1) is 10.3. The van der Waals surface area contributed by atoms with E-state index in [0.717, 1.165) is 23.1 Å². The number of hydrogen-bond donors (Lipinski definition) is 1. The Kier molecular flexibility index (Phi) is 5.75. The number of nitrogens with zero attached hydrogens (tertiary/aromatic N) is 1. The Morgan fingerprint density at radius 3 is 2.67 bits per heavy atom. The highest BCUT2D eigenvalue weighted by molar-refractivity contribution is 5.52. The first-order valence-electron chi connectivity index (χ1n) is 7.14. The van der Waals surface area contributed by atoms with Crippen LogP contribution in [0, 0.1) is 11.8 Å². The van der Waals surface area contributed by atoms with Gasteiger partial charge in [-0.05, 0) is 44.2 Å². The Labute approximate surface area is 126 Å². The quantitative estimate of drug-likeness (QED) is 0.865. The van der Waals surface area contributed by atoms with Crippen molar-refractivity contribution >= 4 is 6.08 Å². The van der Waals surface area contributed by atoms with Crippen LogP contribution in [0.2, 0.25) is 0 Å². The largest absolute Gasteiger partial charge is 0.317 e. The maximum atomic E-state index is 4.25. The van der Waals surface area contributed by atoms with Crippen LogP contribution in [0.4, 0.5) is 0 Å². The van der Waals surface area contributed by atoms with Crippen molar-refractivity contribution in [3.05, 3.63) is 71.6 Å². The van der Waals surface area contributed by atoms with Gasteiger partial charge < -0.3 is 5.32 Å². The highest BCUT2D eigenvalue weighted by atomic mass is 14.8. The molecule has 0 aliphatic carbocycles. The van der Waals surface area contributed by atoms with Gasteiger partial charge >= 0.3 is 0 Å². The molecule has 1 heterocycles. The summed E-state index contributed by atoms with van der Waals surface area (Å²) >= 11 is 0. The molecule has 1 aromatic heterocycles. The van der Waals surface area contributed by atoms with Gasteiger partial charge in [0.2, 0.25) is 0 Å². The lowest BCUT2D eigenvalue weighted by Gasteiger charge is -2.04. The van der Waals surface area contributed by atoms with Gasteiger partial charge in [-0.3, -0.25) is 4.98 Å². The zero-order valence-corrected chi connectivity index (χ0v) is 12.5. The molecule has 2 heteroatoms. The Morgan fingerprint density at radius 1 is 1.14 bits per heavy atom. The third-order valence-electron chi connectivity index (χ3n) is 3.18. The Hall–Kier alpha value is -2.37. The zero-order valence-electron chi connectivity index (χ0n) is 12.5. The molecule has 1 aromatic carbocycles. The summed E-state index contributed by atoms with van der Waals surface area (Å²) in [6, 6.07) is 12.5. The van der Waals surface area contributed by atoms with Gasteiger partial charge in [0.15, 0.2) is 0 Å². The second-order valence-corrected chi connectivity index (χ2v) is 4.95. The van der Waals surface area contributed by atoms with Gasteiger partial charge in [-0.25, -0.2) is 0 Å². The Morgan fingerprint density at radius 2 is 1.90 bits per heavy atom. The second kappa shape index (κ2) is 8.04. The van der Waals surface area contributed by atoms with E-state index in [1.807, 2.05) is 43.6 Å². The highest BCUT2D eigenvalue weighted by Gasteiger charge is 1.94. The molecule has 0 aliphatic heterocycles. The third-order valence-corrected chi connectivity index (χ3v) is 3.18. The summed E-state index contributed by atoms with van der Waals surface area (Å²) in [7, 11) is 1.97. The number of pyridine rings is 1. The average Bonchev–Trinajstić information content (AvgIpc) is 2.54. The second-order valence-electron chi connectivity index (χ2n) is 4.95. The van der Waals surface area contributed by atoms with Crippen molar-refractivity contribution in [1.29, 1.82) is 0 Å². The summed E-state index contributed by atoms with van der Waals surface area (Å²) in [5, 5.41) is 3.21. The topological polar surface area (TPSA) is 24.9 Å². The van der Waals surface area contributed by atoms with E-state index in [-0.39, 0.29) is 0 Å². The van der Waals surface area contributed by atoms with Crippen LogP contribution in [0.3, 0.4) is 0 Å². The summed E-state index contributed by atoms with van der Waals surface area (Å²) in [6.45, 7) is 2.16. The molecule has 0 amide bonds.